The molecule has 4 heteroatoms. The van der Waals surface area contributed by atoms with Crippen molar-refractivity contribution in [1.29, 1.82) is 0 Å². The first-order chi connectivity index (χ1) is 8.09. The number of hydrogen-bond acceptors (Lipinski definition) is 2. The third kappa shape index (κ3) is 2.39. The molecule has 0 saturated carbocycles. The van der Waals surface area contributed by atoms with Gasteiger partial charge in [0.2, 0.25) is 0 Å². The second-order valence-electron chi connectivity index (χ2n) is 3.67. The van der Waals surface area contributed by atoms with Crippen LogP contribution < -0.4 is 0 Å². The number of carbonyl (C=O) groups excluding carboxylic acids is 1. The molecular weight excluding hydrogens is 243 g/mol. The van der Waals surface area contributed by atoms with Gasteiger partial charge in [-0.3, -0.25) is 4.79 Å². The fourth-order valence-corrected chi connectivity index (χ4v) is 1.82. The second-order valence-corrected chi connectivity index (χ2v) is 4.11. The number of carbonyl (C=O) groups is 1. The van der Waals surface area contributed by atoms with Gasteiger partial charge in [-0.25, -0.2) is 4.39 Å². The van der Waals surface area contributed by atoms with E-state index < -0.39 is 5.38 Å². The molecule has 0 radical (unpaired) electrons. The summed E-state index contributed by atoms with van der Waals surface area (Å²) in [5, 5.41) is -0.827. The topological polar surface area (TPSA) is 30.2 Å². The number of benzene rings is 1. The van der Waals surface area contributed by atoms with Crippen LogP contribution in [0.5, 0.6) is 0 Å². The molecule has 1 heterocycles. The number of hydrogen-bond donors (Lipinski definition) is 0. The highest BCUT2D eigenvalue weighted by molar-refractivity contribution is 6.34. The summed E-state index contributed by atoms with van der Waals surface area (Å²) < 4.78 is 17.8. The average molecular weight is 253 g/mol. The minimum Gasteiger partial charge on any atom is -0.469 e. The first-order valence-electron chi connectivity index (χ1n) is 5.07. The van der Waals surface area contributed by atoms with Crippen molar-refractivity contribution in [3.8, 4) is 0 Å². The highest BCUT2D eigenvalue weighted by Gasteiger charge is 2.22. The lowest BCUT2D eigenvalue weighted by molar-refractivity contribution is 0.0985. The summed E-state index contributed by atoms with van der Waals surface area (Å²) in [6.07, 6.45) is 1.44. The monoisotopic (exact) mass is 252 g/mol. The zero-order valence-corrected chi connectivity index (χ0v) is 9.87. The van der Waals surface area contributed by atoms with Crippen molar-refractivity contribution >= 4 is 17.4 Å². The van der Waals surface area contributed by atoms with Gasteiger partial charge in [0, 0.05) is 0 Å². The molecule has 0 fully saturated rings. The van der Waals surface area contributed by atoms with Crippen LogP contribution in [0.25, 0.3) is 0 Å². The Kier molecular flexibility index (Phi) is 3.29. The molecule has 0 saturated heterocycles. The van der Waals surface area contributed by atoms with Crippen molar-refractivity contribution in [3.63, 3.8) is 0 Å². The zero-order valence-electron chi connectivity index (χ0n) is 9.11. The number of alkyl halides is 1. The lowest BCUT2D eigenvalue weighted by atomic mass is 10.0. The molecule has 0 N–H and O–H groups in total. The predicted molar refractivity (Wildman–Crippen MR) is 62.8 cm³/mol. The number of furan rings is 1. The smallest absolute Gasteiger partial charge is 0.188 e. The van der Waals surface area contributed by atoms with E-state index in [0.29, 0.717) is 16.9 Å². The minimum atomic E-state index is -0.827. The second kappa shape index (κ2) is 4.72. The fraction of sp³-hybridized carbons (Fsp3) is 0.154. The third-order valence-electron chi connectivity index (χ3n) is 2.52. The fourth-order valence-electron chi connectivity index (χ4n) is 1.56. The Morgan fingerprint density at radius 3 is 2.47 bits per heavy atom. The Morgan fingerprint density at radius 1 is 1.29 bits per heavy atom. The molecule has 2 aromatic rings. The summed E-state index contributed by atoms with van der Waals surface area (Å²) >= 11 is 6.06. The standard InChI is InChI=1S/C13H10ClFO2/c1-8-11(6-7-17-8)13(16)12(14)9-2-4-10(15)5-3-9/h2-7,12H,1H3. The Hall–Kier alpha value is -1.61. The van der Waals surface area contributed by atoms with Gasteiger partial charge in [0.25, 0.3) is 0 Å². The summed E-state index contributed by atoms with van der Waals surface area (Å²) in [6.45, 7) is 1.70. The van der Waals surface area contributed by atoms with Gasteiger partial charge in [0.05, 0.1) is 11.8 Å². The molecule has 17 heavy (non-hydrogen) atoms. The van der Waals surface area contributed by atoms with E-state index in [2.05, 4.69) is 0 Å². The van der Waals surface area contributed by atoms with Crippen molar-refractivity contribution in [2.45, 2.75) is 12.3 Å². The maximum Gasteiger partial charge on any atom is 0.188 e. The number of ketones is 1. The van der Waals surface area contributed by atoms with Gasteiger partial charge < -0.3 is 4.42 Å². The summed E-state index contributed by atoms with van der Waals surface area (Å²) in [7, 11) is 0. The van der Waals surface area contributed by atoms with Crippen molar-refractivity contribution in [3.05, 3.63) is 59.3 Å². The highest BCUT2D eigenvalue weighted by atomic mass is 35.5. The van der Waals surface area contributed by atoms with E-state index in [1.54, 1.807) is 13.0 Å². The van der Waals surface area contributed by atoms with Gasteiger partial charge in [-0.05, 0) is 30.7 Å². The molecule has 2 nitrogen and oxygen atoms in total. The minimum absolute atomic E-state index is 0.246. The van der Waals surface area contributed by atoms with Gasteiger partial charge in [-0.1, -0.05) is 12.1 Å². The Labute approximate surface area is 103 Å². The molecule has 1 atom stereocenters. The van der Waals surface area contributed by atoms with Gasteiger partial charge >= 0.3 is 0 Å². The van der Waals surface area contributed by atoms with Crippen LogP contribution in [0.15, 0.2) is 41.0 Å². The first kappa shape index (κ1) is 11.9. The van der Waals surface area contributed by atoms with Crippen LogP contribution in [-0.4, -0.2) is 5.78 Å². The van der Waals surface area contributed by atoms with Crippen molar-refractivity contribution in [2.24, 2.45) is 0 Å². The van der Waals surface area contributed by atoms with Gasteiger partial charge in [-0.2, -0.15) is 0 Å². The first-order valence-corrected chi connectivity index (χ1v) is 5.51. The van der Waals surface area contributed by atoms with Crippen LogP contribution in [0.2, 0.25) is 0 Å². The van der Waals surface area contributed by atoms with Crippen molar-refractivity contribution in [2.75, 3.05) is 0 Å². The molecule has 2 rings (SSSR count). The Morgan fingerprint density at radius 2 is 1.94 bits per heavy atom. The van der Waals surface area contributed by atoms with Crippen LogP contribution in [0, 0.1) is 12.7 Å². The molecule has 1 aromatic heterocycles. The molecular formula is C13H10ClFO2. The van der Waals surface area contributed by atoms with Crippen LogP contribution in [0.1, 0.15) is 27.1 Å². The highest BCUT2D eigenvalue weighted by Crippen LogP contribution is 2.26. The van der Waals surface area contributed by atoms with Crippen LogP contribution in [0.3, 0.4) is 0 Å². The number of rotatable bonds is 3. The van der Waals surface area contributed by atoms with E-state index in [-0.39, 0.29) is 11.6 Å². The van der Waals surface area contributed by atoms with Crippen LogP contribution >= 0.6 is 11.6 Å². The maximum absolute atomic E-state index is 12.7. The maximum atomic E-state index is 12.7. The molecule has 0 aliphatic heterocycles. The largest absolute Gasteiger partial charge is 0.469 e. The summed E-state index contributed by atoms with van der Waals surface area (Å²) in [6, 6.07) is 7.14. The number of halogens is 2. The average Bonchev–Trinajstić information content (AvgIpc) is 2.74. The quantitative estimate of drug-likeness (QED) is 0.613. The Bertz CT molecular complexity index is 531. The summed E-state index contributed by atoms with van der Waals surface area (Å²) in [5.41, 5.74) is 1.02. The van der Waals surface area contributed by atoms with Crippen LogP contribution in [-0.2, 0) is 0 Å². The Balaban J connectivity index is 2.26. The molecule has 0 aliphatic rings. The molecule has 0 aliphatic carbocycles. The van der Waals surface area contributed by atoms with E-state index in [9.17, 15) is 9.18 Å². The van der Waals surface area contributed by atoms with E-state index in [4.69, 9.17) is 16.0 Å². The van der Waals surface area contributed by atoms with E-state index in [0.717, 1.165) is 0 Å². The molecule has 0 spiro atoms. The molecule has 1 unspecified atom stereocenters. The van der Waals surface area contributed by atoms with E-state index in [1.165, 1.54) is 30.5 Å². The lowest BCUT2D eigenvalue weighted by Gasteiger charge is -2.07. The lowest BCUT2D eigenvalue weighted by Crippen LogP contribution is -2.07. The molecule has 0 amide bonds. The zero-order chi connectivity index (χ0) is 12.4. The van der Waals surface area contributed by atoms with Crippen molar-refractivity contribution < 1.29 is 13.6 Å². The van der Waals surface area contributed by atoms with E-state index in [1.807, 2.05) is 0 Å². The van der Waals surface area contributed by atoms with Gasteiger partial charge in [0.1, 0.15) is 17.0 Å². The third-order valence-corrected chi connectivity index (χ3v) is 2.97. The molecule has 1 aromatic carbocycles. The van der Waals surface area contributed by atoms with Crippen molar-refractivity contribution in [1.82, 2.24) is 0 Å². The summed E-state index contributed by atoms with van der Waals surface area (Å²) in [5.74, 6) is -0.0724. The van der Waals surface area contributed by atoms with E-state index >= 15 is 0 Å². The molecule has 0 bridgehead atoms. The van der Waals surface area contributed by atoms with Crippen LogP contribution in [0.4, 0.5) is 4.39 Å². The summed E-state index contributed by atoms with van der Waals surface area (Å²) in [4.78, 5) is 12.0. The number of Topliss-reactive ketones (excluding diaryl/α,β-unsaturated/α-hetero) is 1. The normalized spacial score (nSPS) is 12.4. The number of aryl methyl sites for hydroxylation is 1. The molecule has 88 valence electrons. The predicted octanol–water partition coefficient (Wildman–Crippen LogP) is 3.89. The SMILES string of the molecule is Cc1occc1C(=O)C(Cl)c1ccc(F)cc1. The van der Waals surface area contributed by atoms with Gasteiger partial charge in [-0.15, -0.1) is 11.6 Å². The van der Waals surface area contributed by atoms with Gasteiger partial charge in [0.15, 0.2) is 5.78 Å².